The molecule has 0 saturated carbocycles. The zero-order valence-corrected chi connectivity index (χ0v) is 14.9. The molecule has 1 aromatic rings. The third kappa shape index (κ3) is 3.63. The molecule has 3 unspecified atom stereocenters. The fourth-order valence-corrected chi connectivity index (χ4v) is 5.39. The lowest BCUT2D eigenvalue weighted by atomic mass is 9.98. The molecule has 3 saturated heterocycles. The van der Waals surface area contributed by atoms with Crippen molar-refractivity contribution in [2.24, 2.45) is 0 Å². The molecule has 4 rings (SSSR count). The summed E-state index contributed by atoms with van der Waals surface area (Å²) in [5.41, 5.74) is 1.12. The van der Waals surface area contributed by atoms with E-state index in [-0.39, 0.29) is 11.9 Å². The number of hydrogen-bond donors (Lipinski definition) is 2. The van der Waals surface area contributed by atoms with Crippen LogP contribution in [0.2, 0.25) is 0 Å². The molecule has 0 radical (unpaired) electrons. The Kier molecular flexibility index (Phi) is 5.11. The van der Waals surface area contributed by atoms with Gasteiger partial charge in [-0.15, -0.1) is 0 Å². The zero-order valence-electron chi connectivity index (χ0n) is 14.1. The van der Waals surface area contributed by atoms with Crippen LogP contribution in [0.5, 0.6) is 0 Å². The lowest BCUT2D eigenvalue weighted by Gasteiger charge is -2.36. The fourth-order valence-electron chi connectivity index (χ4n) is 4.45. The minimum absolute atomic E-state index is 0.139. The second-order valence-electron chi connectivity index (χ2n) is 7.28. The Morgan fingerprint density at radius 3 is 2.46 bits per heavy atom. The molecule has 0 spiro atoms. The van der Waals surface area contributed by atoms with E-state index in [4.69, 9.17) is 0 Å². The summed E-state index contributed by atoms with van der Waals surface area (Å²) in [5.74, 6) is 2.43. The van der Waals surface area contributed by atoms with Gasteiger partial charge >= 0.3 is 0 Å². The van der Waals surface area contributed by atoms with E-state index in [0.717, 1.165) is 43.0 Å². The number of fused-ring (bicyclic) bond motifs is 2. The standard InChI is InChI=1S/C19H27N3OS/c23-19(21-17-12-15-6-7-16(13-17)20-15)18(14-4-2-1-3-5-14)22-8-10-24-11-9-22/h1-5,15-18,20H,6-13H2,(H,21,23). The van der Waals surface area contributed by atoms with Gasteiger partial charge in [-0.05, 0) is 31.2 Å². The number of nitrogens with zero attached hydrogens (tertiary/aromatic N) is 1. The molecule has 3 aliphatic rings. The van der Waals surface area contributed by atoms with E-state index in [9.17, 15) is 4.79 Å². The molecule has 130 valence electrons. The van der Waals surface area contributed by atoms with Crippen molar-refractivity contribution in [3.8, 4) is 0 Å². The molecule has 2 N–H and O–H groups in total. The fraction of sp³-hybridized carbons (Fsp3) is 0.632. The highest BCUT2D eigenvalue weighted by atomic mass is 32.2. The molecule has 0 aromatic heterocycles. The third-order valence-corrected chi connectivity index (χ3v) is 6.54. The molecule has 24 heavy (non-hydrogen) atoms. The highest BCUT2D eigenvalue weighted by Gasteiger charge is 2.36. The maximum absolute atomic E-state index is 13.2. The first-order valence-corrected chi connectivity index (χ1v) is 10.4. The Morgan fingerprint density at radius 2 is 1.79 bits per heavy atom. The van der Waals surface area contributed by atoms with Crippen LogP contribution in [0, 0.1) is 0 Å². The van der Waals surface area contributed by atoms with Gasteiger partial charge in [0.05, 0.1) is 0 Å². The van der Waals surface area contributed by atoms with Crippen LogP contribution in [-0.4, -0.2) is 53.5 Å². The number of amides is 1. The largest absolute Gasteiger partial charge is 0.352 e. The van der Waals surface area contributed by atoms with Gasteiger partial charge in [0, 0.05) is 42.7 Å². The molecule has 3 aliphatic heterocycles. The van der Waals surface area contributed by atoms with E-state index >= 15 is 0 Å². The minimum atomic E-state index is -0.139. The molecule has 0 aliphatic carbocycles. The zero-order chi connectivity index (χ0) is 16.4. The maximum atomic E-state index is 13.2. The average Bonchev–Trinajstić information content (AvgIpc) is 2.95. The van der Waals surface area contributed by atoms with Crippen LogP contribution >= 0.6 is 11.8 Å². The van der Waals surface area contributed by atoms with E-state index in [2.05, 4.69) is 27.7 Å². The number of nitrogens with one attached hydrogen (secondary N) is 2. The smallest absolute Gasteiger partial charge is 0.242 e. The van der Waals surface area contributed by atoms with Gasteiger partial charge in [0.2, 0.25) is 5.91 Å². The Bertz CT molecular complexity index is 549. The van der Waals surface area contributed by atoms with Crippen LogP contribution in [0.1, 0.15) is 37.3 Å². The molecular weight excluding hydrogens is 318 g/mol. The third-order valence-electron chi connectivity index (χ3n) is 5.59. The molecule has 3 heterocycles. The van der Waals surface area contributed by atoms with E-state index in [1.165, 1.54) is 12.8 Å². The minimum Gasteiger partial charge on any atom is -0.352 e. The second-order valence-corrected chi connectivity index (χ2v) is 8.50. The average molecular weight is 346 g/mol. The molecule has 3 atom stereocenters. The molecule has 4 nitrogen and oxygen atoms in total. The highest BCUT2D eigenvalue weighted by Crippen LogP contribution is 2.29. The number of piperidine rings is 1. The van der Waals surface area contributed by atoms with Gasteiger partial charge in [-0.3, -0.25) is 9.69 Å². The van der Waals surface area contributed by atoms with Crippen molar-refractivity contribution in [1.82, 2.24) is 15.5 Å². The lowest BCUT2D eigenvalue weighted by molar-refractivity contribution is -0.127. The van der Waals surface area contributed by atoms with Crippen molar-refractivity contribution in [1.29, 1.82) is 0 Å². The number of hydrogen-bond acceptors (Lipinski definition) is 4. The topological polar surface area (TPSA) is 44.4 Å². The van der Waals surface area contributed by atoms with Gasteiger partial charge < -0.3 is 10.6 Å². The quantitative estimate of drug-likeness (QED) is 0.878. The summed E-state index contributed by atoms with van der Waals surface area (Å²) in [6, 6.07) is 11.7. The van der Waals surface area contributed by atoms with E-state index in [1.54, 1.807) is 0 Å². The van der Waals surface area contributed by atoms with Crippen molar-refractivity contribution >= 4 is 17.7 Å². The molecular formula is C19H27N3OS. The molecule has 3 fully saturated rings. The first-order valence-electron chi connectivity index (χ1n) is 9.23. The van der Waals surface area contributed by atoms with Gasteiger partial charge in [0.25, 0.3) is 0 Å². The normalized spacial score (nSPS) is 31.6. The van der Waals surface area contributed by atoms with Crippen molar-refractivity contribution in [2.45, 2.75) is 49.9 Å². The van der Waals surface area contributed by atoms with E-state index in [1.807, 2.05) is 30.0 Å². The predicted octanol–water partition coefficient (Wildman–Crippen LogP) is 2.18. The van der Waals surface area contributed by atoms with Crippen LogP contribution in [0.3, 0.4) is 0 Å². The van der Waals surface area contributed by atoms with Crippen molar-refractivity contribution in [3.05, 3.63) is 35.9 Å². The van der Waals surface area contributed by atoms with Crippen LogP contribution < -0.4 is 10.6 Å². The number of rotatable bonds is 4. The predicted molar refractivity (Wildman–Crippen MR) is 99.2 cm³/mol. The van der Waals surface area contributed by atoms with E-state index in [0.29, 0.717) is 18.1 Å². The van der Waals surface area contributed by atoms with Gasteiger partial charge in [0.15, 0.2) is 0 Å². The van der Waals surface area contributed by atoms with Crippen molar-refractivity contribution in [2.75, 3.05) is 24.6 Å². The van der Waals surface area contributed by atoms with Crippen LogP contribution in [0.4, 0.5) is 0 Å². The Hall–Kier alpha value is -1.04. The van der Waals surface area contributed by atoms with Crippen molar-refractivity contribution < 1.29 is 4.79 Å². The van der Waals surface area contributed by atoms with Crippen LogP contribution in [0.25, 0.3) is 0 Å². The monoisotopic (exact) mass is 345 g/mol. The van der Waals surface area contributed by atoms with Crippen LogP contribution in [-0.2, 0) is 4.79 Å². The molecule has 2 bridgehead atoms. The summed E-state index contributed by atoms with van der Waals surface area (Å²) >= 11 is 1.99. The van der Waals surface area contributed by atoms with Gasteiger partial charge in [0.1, 0.15) is 6.04 Å². The lowest BCUT2D eigenvalue weighted by Crippen LogP contribution is -2.51. The molecule has 1 aromatic carbocycles. The number of carbonyl (C=O) groups is 1. The van der Waals surface area contributed by atoms with E-state index < -0.39 is 0 Å². The number of carbonyl (C=O) groups excluding carboxylic acids is 1. The summed E-state index contributed by atoms with van der Waals surface area (Å²) in [5, 5.41) is 7.04. The number of benzene rings is 1. The second kappa shape index (κ2) is 7.46. The summed E-state index contributed by atoms with van der Waals surface area (Å²) in [6.45, 7) is 1.99. The highest BCUT2D eigenvalue weighted by molar-refractivity contribution is 7.99. The Morgan fingerprint density at radius 1 is 1.12 bits per heavy atom. The van der Waals surface area contributed by atoms with Crippen molar-refractivity contribution in [3.63, 3.8) is 0 Å². The first-order chi connectivity index (χ1) is 11.8. The number of thioether (sulfide) groups is 1. The summed E-state index contributed by atoms with van der Waals surface area (Å²) in [6.07, 6.45) is 4.70. The summed E-state index contributed by atoms with van der Waals surface area (Å²) in [7, 11) is 0. The van der Waals surface area contributed by atoms with Gasteiger partial charge in [-0.1, -0.05) is 30.3 Å². The molecule has 1 amide bonds. The summed E-state index contributed by atoms with van der Waals surface area (Å²) in [4.78, 5) is 15.5. The van der Waals surface area contributed by atoms with Crippen LogP contribution in [0.15, 0.2) is 30.3 Å². The van der Waals surface area contributed by atoms with Gasteiger partial charge in [-0.2, -0.15) is 11.8 Å². The Balaban J connectivity index is 1.48. The molecule has 5 heteroatoms. The maximum Gasteiger partial charge on any atom is 0.242 e. The summed E-state index contributed by atoms with van der Waals surface area (Å²) < 4.78 is 0. The SMILES string of the molecule is O=C(NC1CC2CCC(C1)N2)C(c1ccccc1)N1CCSCC1. The Labute approximate surface area is 148 Å². The van der Waals surface area contributed by atoms with Gasteiger partial charge in [-0.25, -0.2) is 0 Å². The first kappa shape index (κ1) is 16.4.